The molecule has 4 nitrogen and oxygen atoms in total. The van der Waals surface area contributed by atoms with Gasteiger partial charge in [-0.1, -0.05) is 31.2 Å². The Balaban J connectivity index is 1.03. The minimum atomic E-state index is -0.0699. The first kappa shape index (κ1) is 22.8. The molecule has 7 aliphatic rings. The molecule has 0 radical (unpaired) electrons. The zero-order valence-electron chi connectivity index (χ0n) is 22.8. The molecule has 5 heterocycles. The maximum atomic E-state index is 7.60. The van der Waals surface area contributed by atoms with Crippen molar-refractivity contribution >= 4 is 10.8 Å². The number of fused-ring (bicyclic) bond motifs is 2. The molecule has 6 atom stereocenters. The Morgan fingerprint density at radius 1 is 1.03 bits per heavy atom. The van der Waals surface area contributed by atoms with Gasteiger partial charge in [0.05, 0.1) is 24.4 Å². The normalized spacial score (nSPS) is 42.8. The van der Waals surface area contributed by atoms with Gasteiger partial charge in [0.15, 0.2) is 0 Å². The Morgan fingerprint density at radius 2 is 1.97 bits per heavy atom. The van der Waals surface area contributed by atoms with E-state index in [4.69, 9.17) is 9.47 Å². The minimum absolute atomic E-state index is 0.0168. The van der Waals surface area contributed by atoms with Crippen molar-refractivity contribution in [3.8, 4) is 0 Å². The van der Waals surface area contributed by atoms with Crippen LogP contribution in [0.15, 0.2) is 60.0 Å². The molecule has 9 rings (SSSR count). The monoisotopic (exact) mass is 508 g/mol. The van der Waals surface area contributed by atoms with Gasteiger partial charge in [0, 0.05) is 35.8 Å². The predicted molar refractivity (Wildman–Crippen MR) is 149 cm³/mol. The van der Waals surface area contributed by atoms with Crippen molar-refractivity contribution in [2.75, 3.05) is 26.3 Å². The molecule has 1 aromatic heterocycles. The topological polar surface area (TPSA) is 34.6 Å². The molecular formula is C34H40N2O2. The molecular weight excluding hydrogens is 468 g/mol. The van der Waals surface area contributed by atoms with E-state index in [1.54, 1.807) is 5.57 Å². The van der Waals surface area contributed by atoms with Crippen molar-refractivity contribution in [1.29, 1.82) is 0 Å². The van der Waals surface area contributed by atoms with Gasteiger partial charge in [0.25, 0.3) is 0 Å². The maximum absolute atomic E-state index is 7.60. The molecule has 5 fully saturated rings. The highest BCUT2D eigenvalue weighted by Crippen LogP contribution is 2.69. The third-order valence-electron chi connectivity index (χ3n) is 12.5. The van der Waals surface area contributed by atoms with Gasteiger partial charge < -0.3 is 9.47 Å². The minimum Gasteiger partial charge on any atom is -0.380 e. The standard InChI is InChI=1S/C34H40N2O2/c1-31-10-8-27-17-26-4-5-28(36-15-13-32(20-36)21-37-22-32)18-33(26)11-12-34(27,38-33)30(31)7-6-29(31)24-3-2-23-9-14-35-19-25(23)16-24/h2-3,8-9,14,16-17,19,28-30H,4-7,10-13,15,18,20-22H2,1H3/t28?,29?,30-,31?,33-,34-/m1/s1. The number of likely N-dealkylation sites (tertiary alicyclic amines) is 1. The zero-order chi connectivity index (χ0) is 25.2. The van der Waals surface area contributed by atoms with Crippen LogP contribution in [0.1, 0.15) is 76.2 Å². The molecule has 3 aliphatic carbocycles. The van der Waals surface area contributed by atoms with Crippen LogP contribution in [-0.4, -0.2) is 53.4 Å². The Hall–Kier alpha value is -2.01. The SMILES string of the molecule is CC12CC=C3C=C4CCC(N5CCC6(COC6)C5)C[C@]45CC[C@]3(O5)[C@@H]1CCC2c1ccc2ccncc2c1. The molecule has 4 heteroatoms. The van der Waals surface area contributed by atoms with Crippen LogP contribution in [0.25, 0.3) is 10.8 Å². The highest BCUT2D eigenvalue weighted by molar-refractivity contribution is 5.82. The van der Waals surface area contributed by atoms with E-state index in [1.165, 1.54) is 92.8 Å². The van der Waals surface area contributed by atoms with Crippen molar-refractivity contribution in [3.63, 3.8) is 0 Å². The number of aromatic nitrogens is 1. The van der Waals surface area contributed by atoms with E-state index in [9.17, 15) is 0 Å². The van der Waals surface area contributed by atoms with Gasteiger partial charge in [-0.05, 0) is 116 Å². The summed E-state index contributed by atoms with van der Waals surface area (Å²) in [6.07, 6.45) is 20.4. The summed E-state index contributed by atoms with van der Waals surface area (Å²) in [6.45, 7) is 7.05. The molecule has 198 valence electrons. The number of benzene rings is 1. The third kappa shape index (κ3) is 2.90. The Kier molecular flexibility index (Phi) is 4.55. The first-order chi connectivity index (χ1) is 18.5. The lowest BCUT2D eigenvalue weighted by atomic mass is 9.58. The summed E-state index contributed by atoms with van der Waals surface area (Å²) in [7, 11) is 0. The molecule has 0 amide bonds. The fourth-order valence-corrected chi connectivity index (χ4v) is 10.5. The van der Waals surface area contributed by atoms with Crippen molar-refractivity contribution in [3.05, 3.63) is 65.5 Å². The fourth-order valence-electron chi connectivity index (χ4n) is 10.5. The summed E-state index contributed by atoms with van der Waals surface area (Å²) in [5.41, 5.74) is 5.29. The number of rotatable bonds is 2. The predicted octanol–water partition coefficient (Wildman–Crippen LogP) is 6.57. The van der Waals surface area contributed by atoms with Crippen LogP contribution >= 0.6 is 0 Å². The number of pyridine rings is 1. The quantitative estimate of drug-likeness (QED) is 0.460. The van der Waals surface area contributed by atoms with Gasteiger partial charge in [-0.25, -0.2) is 0 Å². The van der Waals surface area contributed by atoms with Crippen LogP contribution < -0.4 is 0 Å². The largest absolute Gasteiger partial charge is 0.380 e. The van der Waals surface area contributed by atoms with Crippen LogP contribution in [0.4, 0.5) is 0 Å². The van der Waals surface area contributed by atoms with E-state index in [1.807, 2.05) is 12.4 Å². The van der Waals surface area contributed by atoms with Crippen molar-refractivity contribution < 1.29 is 9.47 Å². The second-order valence-electron chi connectivity index (χ2n) is 14.3. The van der Waals surface area contributed by atoms with Gasteiger partial charge in [-0.15, -0.1) is 0 Å². The number of hydrogen-bond acceptors (Lipinski definition) is 4. The van der Waals surface area contributed by atoms with E-state index in [0.717, 1.165) is 13.2 Å². The van der Waals surface area contributed by atoms with Crippen LogP contribution in [0.2, 0.25) is 0 Å². The lowest BCUT2D eigenvalue weighted by molar-refractivity contribution is -0.142. The van der Waals surface area contributed by atoms with Crippen molar-refractivity contribution in [2.45, 2.75) is 87.9 Å². The smallest absolute Gasteiger partial charge is 0.0974 e. The summed E-state index contributed by atoms with van der Waals surface area (Å²) in [6, 6.07) is 9.93. The lowest BCUT2D eigenvalue weighted by Crippen LogP contribution is -2.55. The van der Waals surface area contributed by atoms with Crippen LogP contribution in [0, 0.1) is 16.7 Å². The lowest BCUT2D eigenvalue weighted by Gasteiger charge is -2.55. The molecule has 2 saturated carbocycles. The zero-order valence-corrected chi connectivity index (χ0v) is 22.8. The molecule has 3 saturated heterocycles. The summed E-state index contributed by atoms with van der Waals surface area (Å²) in [4.78, 5) is 7.22. The summed E-state index contributed by atoms with van der Waals surface area (Å²) in [5, 5.41) is 2.56. The van der Waals surface area contributed by atoms with Gasteiger partial charge in [-0.3, -0.25) is 9.88 Å². The van der Waals surface area contributed by atoms with E-state index < -0.39 is 0 Å². The third-order valence-corrected chi connectivity index (χ3v) is 12.5. The average molecular weight is 509 g/mol. The molecule has 3 spiro atoms. The van der Waals surface area contributed by atoms with Gasteiger partial charge in [0.1, 0.15) is 0 Å². The molecule has 0 N–H and O–H groups in total. The van der Waals surface area contributed by atoms with E-state index in [0.29, 0.717) is 23.3 Å². The highest BCUT2D eigenvalue weighted by atomic mass is 16.5. The maximum Gasteiger partial charge on any atom is 0.0974 e. The number of allylic oxidation sites excluding steroid dienone is 1. The number of nitrogens with zero attached hydrogens (tertiary/aromatic N) is 2. The average Bonchev–Trinajstić information content (AvgIpc) is 3.61. The second kappa shape index (κ2) is 7.59. The molecule has 1 aromatic carbocycles. The van der Waals surface area contributed by atoms with Crippen molar-refractivity contribution in [1.82, 2.24) is 9.88 Å². The van der Waals surface area contributed by atoms with Gasteiger partial charge >= 0.3 is 0 Å². The highest BCUT2D eigenvalue weighted by Gasteiger charge is 2.67. The Bertz CT molecular complexity index is 1390. The second-order valence-corrected chi connectivity index (χ2v) is 14.3. The summed E-state index contributed by atoms with van der Waals surface area (Å²) in [5.74, 6) is 1.18. The molecule has 2 aromatic rings. The molecule has 38 heavy (non-hydrogen) atoms. The summed E-state index contributed by atoms with van der Waals surface area (Å²) < 4.78 is 13.2. The van der Waals surface area contributed by atoms with Crippen LogP contribution in [0.3, 0.4) is 0 Å². The fraction of sp³-hybridized carbons (Fsp3) is 0.618. The van der Waals surface area contributed by atoms with E-state index in [2.05, 4.69) is 53.2 Å². The number of ether oxygens (including phenoxy) is 2. The van der Waals surface area contributed by atoms with Crippen LogP contribution in [0.5, 0.6) is 0 Å². The van der Waals surface area contributed by atoms with Gasteiger partial charge in [0.2, 0.25) is 0 Å². The molecule has 2 bridgehead atoms. The van der Waals surface area contributed by atoms with Crippen molar-refractivity contribution in [2.24, 2.45) is 16.7 Å². The molecule has 3 unspecified atom stereocenters. The molecule has 4 aliphatic heterocycles. The first-order valence-corrected chi connectivity index (χ1v) is 15.3. The number of hydrogen-bond donors (Lipinski definition) is 0. The Labute approximate surface area is 226 Å². The van der Waals surface area contributed by atoms with E-state index >= 15 is 0 Å². The van der Waals surface area contributed by atoms with E-state index in [-0.39, 0.29) is 16.6 Å². The van der Waals surface area contributed by atoms with Gasteiger partial charge in [-0.2, -0.15) is 0 Å². The van der Waals surface area contributed by atoms with Crippen LogP contribution in [-0.2, 0) is 9.47 Å². The summed E-state index contributed by atoms with van der Waals surface area (Å²) >= 11 is 0. The first-order valence-electron chi connectivity index (χ1n) is 15.3. The Morgan fingerprint density at radius 3 is 2.84 bits per heavy atom.